The molecule has 0 unspecified atom stereocenters. The standard InChI is InChI=1S/C48H58N6O11/c1-24-12-11-13-25(2)47(61)51-38-39-37(50-33-22-31(14-16-54(33)39)23-49-53-19-17-52(9)18-20-53)34-35(43(38)59)42(58)29(6)45-36(34)46(60)48(8,65-45)63-21-15-32(62-10)26(3)44(64-30(7)55)28(5)41(57)27(4)40(24)56/h11-16,21-24,26-28,32,40-41,44,56-58H,17-20H2,1-10H3/b12-11+,21-15+,25-13-,49-23+,51-38?/t24-,26+,27+,28+,32-,40-,41+,44+,48-/m0/s1. The molecule has 0 spiro atoms. The molecule has 0 saturated carbocycles. The van der Waals surface area contributed by atoms with Crippen LogP contribution in [0.2, 0.25) is 0 Å². The molecule has 17 heteroatoms. The van der Waals surface area contributed by atoms with Gasteiger partial charge in [-0.05, 0) is 44.7 Å². The Bertz CT molecular complexity index is 2570. The van der Waals surface area contributed by atoms with Crippen LogP contribution in [-0.2, 0) is 23.8 Å². The summed E-state index contributed by atoms with van der Waals surface area (Å²) in [7, 11) is 3.51. The zero-order valence-corrected chi connectivity index (χ0v) is 38.4. The lowest BCUT2D eigenvalue weighted by molar-refractivity contribution is -0.160. The number of fused-ring (bicyclic) bond motifs is 6. The number of aromatic hydroxyl groups is 1. The predicted molar refractivity (Wildman–Crippen MR) is 241 cm³/mol. The van der Waals surface area contributed by atoms with Crippen LogP contribution in [0.5, 0.6) is 11.5 Å². The number of aliphatic imine (C=N–C) groups is 1. The molecule has 1 saturated heterocycles. The molecule has 3 aliphatic heterocycles. The number of phenolic OH excluding ortho intramolecular Hbond substituents is 1. The summed E-state index contributed by atoms with van der Waals surface area (Å²) in [6, 6.07) is 3.54. The number of Topliss-reactive ketones (excluding diaryl/α,β-unsaturated/α-hetero) is 2. The van der Waals surface area contributed by atoms with Crippen LogP contribution < -0.4 is 4.74 Å². The van der Waals surface area contributed by atoms with E-state index in [4.69, 9.17) is 23.9 Å². The second kappa shape index (κ2) is 18.5. The van der Waals surface area contributed by atoms with Crippen molar-refractivity contribution < 1.29 is 53.4 Å². The van der Waals surface area contributed by atoms with Crippen LogP contribution in [0.15, 0.2) is 64.6 Å². The van der Waals surface area contributed by atoms with Crippen molar-refractivity contribution in [2.45, 2.75) is 85.6 Å². The van der Waals surface area contributed by atoms with Crippen LogP contribution in [0.3, 0.4) is 0 Å². The molecule has 3 aromatic rings. The molecule has 17 nitrogen and oxygen atoms in total. The topological polar surface area (TPSA) is 214 Å². The minimum atomic E-state index is -2.02. The average Bonchev–Trinajstić information content (AvgIpc) is 3.78. The van der Waals surface area contributed by atoms with E-state index >= 15 is 0 Å². The van der Waals surface area contributed by atoms with E-state index in [0.717, 1.165) is 26.2 Å². The van der Waals surface area contributed by atoms with Crippen LogP contribution in [0.4, 0.5) is 0 Å². The third-order valence-corrected chi connectivity index (χ3v) is 13.2. The molecule has 1 aliphatic carbocycles. The summed E-state index contributed by atoms with van der Waals surface area (Å²) in [5.74, 6) is -7.84. The monoisotopic (exact) mass is 894 g/mol. The zero-order chi connectivity index (χ0) is 47.2. The molecular weight excluding hydrogens is 837 g/mol. The highest BCUT2D eigenvalue weighted by molar-refractivity contribution is 6.56. The number of aliphatic hydroxyl groups excluding tert-OH is 2. The van der Waals surface area contributed by atoms with Crippen molar-refractivity contribution in [1.82, 2.24) is 19.3 Å². The van der Waals surface area contributed by atoms with Crippen LogP contribution >= 0.6 is 0 Å². The van der Waals surface area contributed by atoms with Gasteiger partial charge in [0.25, 0.3) is 11.7 Å². The van der Waals surface area contributed by atoms with Gasteiger partial charge in [0, 0.05) is 93.7 Å². The molecule has 0 radical (unpaired) electrons. The second-order valence-corrected chi connectivity index (χ2v) is 17.8. The number of allylic oxidation sites excluding steroid dienone is 2. The number of phenols is 1. The van der Waals surface area contributed by atoms with Crippen LogP contribution in [-0.4, -0.2) is 141 Å². The van der Waals surface area contributed by atoms with E-state index < -0.39 is 83.1 Å². The van der Waals surface area contributed by atoms with Gasteiger partial charge in [-0.2, -0.15) is 5.10 Å². The van der Waals surface area contributed by atoms with Crippen LogP contribution in [0.1, 0.15) is 86.0 Å². The van der Waals surface area contributed by atoms with Gasteiger partial charge in [0.2, 0.25) is 5.78 Å². The first kappa shape index (κ1) is 47.0. The molecule has 5 heterocycles. The van der Waals surface area contributed by atoms with Crippen molar-refractivity contribution in [2.24, 2.45) is 33.8 Å². The number of ether oxygens (including phenoxy) is 4. The number of likely N-dealkylation sites (N-methyl/N-ethyl adjacent to an activating group) is 1. The maximum Gasteiger partial charge on any atom is 0.312 e. The molecule has 4 aliphatic rings. The zero-order valence-electron chi connectivity index (χ0n) is 38.4. The van der Waals surface area contributed by atoms with Crippen LogP contribution in [0.25, 0.3) is 16.9 Å². The molecule has 9 atom stereocenters. The number of rotatable bonds is 4. The highest BCUT2D eigenvalue weighted by Gasteiger charge is 2.52. The number of benzene rings is 1. The number of aliphatic hydroxyl groups is 2. The van der Waals surface area contributed by atoms with Crippen molar-refractivity contribution in [3.8, 4) is 22.8 Å². The molecule has 346 valence electrons. The van der Waals surface area contributed by atoms with Gasteiger partial charge in [-0.25, -0.2) is 9.98 Å². The number of aromatic nitrogens is 2. The van der Waals surface area contributed by atoms with Gasteiger partial charge in [-0.3, -0.25) is 28.6 Å². The van der Waals surface area contributed by atoms with E-state index in [0.29, 0.717) is 11.2 Å². The molecule has 1 fully saturated rings. The third-order valence-electron chi connectivity index (χ3n) is 13.2. The van der Waals surface area contributed by atoms with E-state index in [1.54, 1.807) is 68.8 Å². The number of amides is 1. The lowest BCUT2D eigenvalue weighted by atomic mass is 9.78. The molecule has 1 amide bonds. The molecule has 1 aromatic carbocycles. The molecular formula is C48H58N6O11. The van der Waals surface area contributed by atoms with Gasteiger partial charge in [-0.15, -0.1) is 0 Å². The number of carbonyl (C=O) groups excluding carboxylic acids is 4. The highest BCUT2D eigenvalue weighted by atomic mass is 16.7. The molecule has 5 bridgehead atoms. The Labute approximate surface area is 377 Å². The van der Waals surface area contributed by atoms with E-state index in [1.165, 1.54) is 53.2 Å². The Balaban J connectivity index is 1.39. The first-order valence-corrected chi connectivity index (χ1v) is 21.8. The summed E-state index contributed by atoms with van der Waals surface area (Å²) in [6.45, 7) is 15.9. The van der Waals surface area contributed by atoms with Gasteiger partial charge < -0.3 is 39.2 Å². The second-order valence-electron chi connectivity index (χ2n) is 17.8. The lowest BCUT2D eigenvalue weighted by Gasteiger charge is -2.38. The number of imidazole rings is 1. The Hall–Kier alpha value is -6.01. The van der Waals surface area contributed by atoms with Crippen LogP contribution in [0, 0.1) is 30.6 Å². The van der Waals surface area contributed by atoms with E-state index in [1.807, 2.05) is 5.01 Å². The first-order chi connectivity index (χ1) is 30.8. The van der Waals surface area contributed by atoms with Gasteiger partial charge in [0.15, 0.2) is 0 Å². The number of piperazine rings is 1. The summed E-state index contributed by atoms with van der Waals surface area (Å²) in [4.78, 5) is 67.5. The summed E-state index contributed by atoms with van der Waals surface area (Å²) in [5.41, 5.74) is 0.874. The number of esters is 1. The van der Waals surface area contributed by atoms with Gasteiger partial charge >= 0.3 is 11.8 Å². The lowest BCUT2D eigenvalue weighted by Crippen LogP contribution is -2.46. The Morgan fingerprint density at radius 2 is 1.69 bits per heavy atom. The fraction of sp³-hybridized carbons (Fsp3) is 0.479. The van der Waals surface area contributed by atoms with Gasteiger partial charge in [0.05, 0.1) is 41.9 Å². The fourth-order valence-corrected chi connectivity index (χ4v) is 9.01. The van der Waals surface area contributed by atoms with E-state index in [2.05, 4.69) is 22.0 Å². The van der Waals surface area contributed by atoms with E-state index in [9.17, 15) is 34.5 Å². The SMILES string of the molecule is CO[C@H]1/C=C/O[C@@]2(C)Oc3c(C)c(O)c4c(c3C2=O)-c2nc3cc(/C=N/N5CCN(C)CC5)ccn3c2C(=NC(=O)/C(C)=C\C=C\[C@H](C)[C@H](O)[C@@H](C)[C@@H](O)[C@@H](C)[C@H](OC(C)=O)[C@@H]1C)C4=O. The van der Waals surface area contributed by atoms with Crippen molar-refractivity contribution in [3.63, 3.8) is 0 Å². The average molecular weight is 895 g/mol. The molecule has 2 aromatic heterocycles. The fourth-order valence-electron chi connectivity index (χ4n) is 9.01. The first-order valence-electron chi connectivity index (χ1n) is 21.8. The predicted octanol–water partition coefficient (Wildman–Crippen LogP) is 4.66. The van der Waals surface area contributed by atoms with Gasteiger partial charge in [-0.1, -0.05) is 45.9 Å². The maximum atomic E-state index is 14.8. The minimum Gasteiger partial charge on any atom is -0.507 e. The summed E-state index contributed by atoms with van der Waals surface area (Å²) < 4.78 is 25.6. The normalized spacial score (nSPS) is 31.0. The Morgan fingerprint density at radius 1 is 0.985 bits per heavy atom. The minimum absolute atomic E-state index is 0.00116. The highest BCUT2D eigenvalue weighted by Crippen LogP contribution is 2.52. The van der Waals surface area contributed by atoms with Crippen molar-refractivity contribution in [2.75, 3.05) is 40.3 Å². The molecule has 7 rings (SSSR count). The van der Waals surface area contributed by atoms with Gasteiger partial charge in [0.1, 0.15) is 40.3 Å². The van der Waals surface area contributed by atoms with Crippen molar-refractivity contribution >= 4 is 41.0 Å². The molecule has 3 N–H and O–H groups in total. The van der Waals surface area contributed by atoms with Crippen molar-refractivity contribution in [3.05, 3.63) is 82.4 Å². The number of ketones is 2. The van der Waals surface area contributed by atoms with E-state index in [-0.39, 0.29) is 50.7 Å². The number of hydrogen-bond donors (Lipinski definition) is 3. The summed E-state index contributed by atoms with van der Waals surface area (Å²) >= 11 is 0. The summed E-state index contributed by atoms with van der Waals surface area (Å²) in [6.07, 6.45) is 7.06. The maximum absolute atomic E-state index is 14.8. The Kier molecular flexibility index (Phi) is 13.3. The number of pyridine rings is 1. The summed E-state index contributed by atoms with van der Waals surface area (Å²) in [5, 5.41) is 41.5. The number of hydrogen-bond acceptors (Lipinski definition) is 15. The number of hydrazone groups is 1. The quantitative estimate of drug-likeness (QED) is 0.240. The smallest absolute Gasteiger partial charge is 0.312 e. The number of methoxy groups -OCH3 is 1. The Morgan fingerprint density at radius 3 is 2.37 bits per heavy atom. The van der Waals surface area contributed by atoms with Crippen molar-refractivity contribution in [1.29, 1.82) is 0 Å². The number of nitrogens with zero attached hydrogens (tertiary/aromatic N) is 6. The third kappa shape index (κ3) is 8.77. The number of carbonyl (C=O) groups is 4. The molecule has 65 heavy (non-hydrogen) atoms. The largest absolute Gasteiger partial charge is 0.507 e.